The lowest BCUT2D eigenvalue weighted by Gasteiger charge is -2.28. The lowest BCUT2D eigenvalue weighted by atomic mass is 9.95. The number of ether oxygens (including phenoxy) is 1. The molecule has 1 saturated carbocycles. The molecule has 1 unspecified atom stereocenters. The minimum Gasteiger partial charge on any atom is -0.480 e. The van der Waals surface area contributed by atoms with Crippen molar-refractivity contribution in [2.24, 2.45) is 5.92 Å². The molecule has 1 aliphatic carbocycles. The van der Waals surface area contributed by atoms with Gasteiger partial charge in [-0.25, -0.2) is 8.78 Å². The number of alkyl halides is 2. The van der Waals surface area contributed by atoms with Crippen LogP contribution >= 0.6 is 0 Å². The predicted molar refractivity (Wildman–Crippen MR) is 49.0 cm³/mol. The monoisotopic (exact) mass is 223 g/mol. The van der Waals surface area contributed by atoms with Crippen LogP contribution in [0.25, 0.3) is 0 Å². The van der Waals surface area contributed by atoms with Crippen molar-refractivity contribution < 1.29 is 23.4 Å². The van der Waals surface area contributed by atoms with Crippen LogP contribution in [0.2, 0.25) is 0 Å². The van der Waals surface area contributed by atoms with Crippen molar-refractivity contribution in [3.8, 4) is 0 Å². The normalized spacial score (nSPS) is 20.3. The van der Waals surface area contributed by atoms with E-state index in [1.54, 1.807) is 0 Å². The molecule has 4 nitrogen and oxygen atoms in total. The van der Waals surface area contributed by atoms with Crippen molar-refractivity contribution in [2.75, 3.05) is 20.3 Å². The summed E-state index contributed by atoms with van der Waals surface area (Å²) in [5, 5.41) is 11.8. The quantitative estimate of drug-likeness (QED) is 0.667. The Kier molecular flexibility index (Phi) is 3.98. The van der Waals surface area contributed by atoms with E-state index >= 15 is 0 Å². The molecule has 0 aliphatic heterocycles. The first-order chi connectivity index (χ1) is 7.03. The van der Waals surface area contributed by atoms with Gasteiger partial charge in [0.1, 0.15) is 12.1 Å². The van der Waals surface area contributed by atoms with Gasteiger partial charge in [-0.2, -0.15) is 0 Å². The fourth-order valence-corrected chi connectivity index (χ4v) is 1.62. The zero-order valence-corrected chi connectivity index (χ0v) is 8.50. The van der Waals surface area contributed by atoms with Gasteiger partial charge in [-0.15, -0.1) is 0 Å². The van der Waals surface area contributed by atoms with Crippen LogP contribution in [-0.2, 0) is 9.53 Å². The van der Waals surface area contributed by atoms with Gasteiger partial charge in [0.15, 0.2) is 0 Å². The number of carbonyl (C=O) groups is 1. The van der Waals surface area contributed by atoms with E-state index in [0.29, 0.717) is 0 Å². The summed E-state index contributed by atoms with van der Waals surface area (Å²) in [5.41, 5.74) is -1.20. The Bertz CT molecular complexity index is 233. The van der Waals surface area contributed by atoms with Crippen LogP contribution in [0.5, 0.6) is 0 Å². The maximum absolute atomic E-state index is 11.8. The van der Waals surface area contributed by atoms with Crippen LogP contribution in [-0.4, -0.2) is 43.3 Å². The van der Waals surface area contributed by atoms with E-state index < -0.39 is 24.5 Å². The molecule has 0 aromatic rings. The van der Waals surface area contributed by atoms with Crippen LogP contribution < -0.4 is 5.32 Å². The van der Waals surface area contributed by atoms with Crippen molar-refractivity contribution in [3.05, 3.63) is 0 Å². The zero-order valence-electron chi connectivity index (χ0n) is 8.50. The second-order valence-corrected chi connectivity index (χ2v) is 3.71. The van der Waals surface area contributed by atoms with Crippen molar-refractivity contribution in [3.63, 3.8) is 0 Å². The van der Waals surface area contributed by atoms with Crippen LogP contribution in [0, 0.1) is 5.92 Å². The van der Waals surface area contributed by atoms with Gasteiger partial charge >= 0.3 is 5.97 Å². The van der Waals surface area contributed by atoms with Gasteiger partial charge in [-0.3, -0.25) is 4.79 Å². The molecule has 6 heteroatoms. The van der Waals surface area contributed by atoms with E-state index in [1.165, 1.54) is 7.05 Å². The van der Waals surface area contributed by atoms with Crippen LogP contribution in [0.1, 0.15) is 12.8 Å². The lowest BCUT2D eigenvalue weighted by Crippen LogP contribution is -2.56. The Hall–Kier alpha value is -0.750. The first-order valence-electron chi connectivity index (χ1n) is 4.81. The molecule has 2 N–H and O–H groups in total. The minimum atomic E-state index is -2.56. The molecule has 0 bridgehead atoms. The van der Waals surface area contributed by atoms with Gasteiger partial charge in [-0.05, 0) is 25.8 Å². The van der Waals surface area contributed by atoms with E-state index in [0.717, 1.165) is 12.8 Å². The standard InChI is InChI=1S/C9H15F2NO3/c1-12-9(8(13)14,6-2-3-6)5-15-4-7(10)11/h6-7,12H,2-5H2,1H3,(H,13,14). The van der Waals surface area contributed by atoms with Crippen LogP contribution in [0.15, 0.2) is 0 Å². The highest BCUT2D eigenvalue weighted by Gasteiger charge is 2.50. The number of rotatable bonds is 7. The van der Waals surface area contributed by atoms with E-state index in [1.807, 2.05) is 0 Å². The number of aliphatic carboxylic acids is 1. The Morgan fingerprint density at radius 1 is 1.67 bits per heavy atom. The molecule has 0 aromatic carbocycles. The third-order valence-electron chi connectivity index (χ3n) is 2.68. The number of hydrogen-bond acceptors (Lipinski definition) is 3. The van der Waals surface area contributed by atoms with Crippen molar-refractivity contribution in [1.29, 1.82) is 0 Å². The Balaban J connectivity index is 2.52. The van der Waals surface area contributed by atoms with Gasteiger partial charge in [-0.1, -0.05) is 0 Å². The van der Waals surface area contributed by atoms with Gasteiger partial charge in [0.2, 0.25) is 0 Å². The number of hydrogen-bond donors (Lipinski definition) is 2. The molecule has 15 heavy (non-hydrogen) atoms. The molecule has 1 atom stereocenters. The number of carboxylic acids is 1. The molecule has 0 heterocycles. The van der Waals surface area contributed by atoms with Crippen molar-refractivity contribution in [1.82, 2.24) is 5.32 Å². The highest BCUT2D eigenvalue weighted by atomic mass is 19.3. The Morgan fingerprint density at radius 3 is 2.60 bits per heavy atom. The van der Waals surface area contributed by atoms with Gasteiger partial charge < -0.3 is 15.2 Å². The fraction of sp³-hybridized carbons (Fsp3) is 0.889. The minimum absolute atomic E-state index is 0.0160. The van der Waals surface area contributed by atoms with E-state index in [9.17, 15) is 13.6 Å². The topological polar surface area (TPSA) is 58.6 Å². The van der Waals surface area contributed by atoms with E-state index in [2.05, 4.69) is 5.32 Å². The molecule has 88 valence electrons. The van der Waals surface area contributed by atoms with Crippen LogP contribution in [0.4, 0.5) is 8.78 Å². The maximum Gasteiger partial charge on any atom is 0.326 e. The number of nitrogens with one attached hydrogen (secondary N) is 1. The third kappa shape index (κ3) is 2.85. The zero-order chi connectivity index (χ0) is 11.5. The van der Waals surface area contributed by atoms with Crippen LogP contribution in [0.3, 0.4) is 0 Å². The number of carboxylic acid groups (broad SMARTS) is 1. The highest BCUT2D eigenvalue weighted by Crippen LogP contribution is 2.40. The first kappa shape index (κ1) is 12.3. The number of halogens is 2. The molecular formula is C9H15F2NO3. The van der Waals surface area contributed by atoms with Gasteiger partial charge in [0.25, 0.3) is 6.43 Å². The van der Waals surface area contributed by atoms with E-state index in [4.69, 9.17) is 9.84 Å². The summed E-state index contributed by atoms with van der Waals surface area (Å²) in [6.07, 6.45) is -0.969. The van der Waals surface area contributed by atoms with E-state index in [-0.39, 0.29) is 12.5 Å². The average molecular weight is 223 g/mol. The summed E-state index contributed by atoms with van der Waals surface area (Å²) in [6, 6.07) is 0. The maximum atomic E-state index is 11.8. The Morgan fingerprint density at radius 2 is 2.27 bits per heavy atom. The molecular weight excluding hydrogens is 208 g/mol. The molecule has 0 amide bonds. The second kappa shape index (κ2) is 4.85. The summed E-state index contributed by atoms with van der Waals surface area (Å²) < 4.78 is 28.4. The molecule has 0 radical (unpaired) electrons. The summed E-state index contributed by atoms with van der Waals surface area (Å²) in [4.78, 5) is 11.1. The summed E-state index contributed by atoms with van der Waals surface area (Å²) in [7, 11) is 1.51. The molecule has 0 aromatic heterocycles. The van der Waals surface area contributed by atoms with Gasteiger partial charge in [0, 0.05) is 0 Å². The average Bonchev–Trinajstić information content (AvgIpc) is 2.95. The summed E-state index contributed by atoms with van der Waals surface area (Å²) in [5.74, 6) is -1.06. The molecule has 1 rings (SSSR count). The molecule has 1 fully saturated rings. The smallest absolute Gasteiger partial charge is 0.326 e. The first-order valence-corrected chi connectivity index (χ1v) is 4.81. The SMILES string of the molecule is CNC(COCC(F)F)(C(=O)O)C1CC1. The second-order valence-electron chi connectivity index (χ2n) is 3.71. The Labute approximate surface area is 86.6 Å². The summed E-state index contributed by atoms with van der Waals surface area (Å²) >= 11 is 0. The molecule has 0 saturated heterocycles. The van der Waals surface area contributed by atoms with Crippen molar-refractivity contribution in [2.45, 2.75) is 24.8 Å². The largest absolute Gasteiger partial charge is 0.480 e. The van der Waals surface area contributed by atoms with Crippen molar-refractivity contribution >= 4 is 5.97 Å². The third-order valence-corrected chi connectivity index (χ3v) is 2.68. The molecule has 0 spiro atoms. The summed E-state index contributed by atoms with van der Waals surface area (Å²) in [6.45, 7) is -0.933. The fourth-order valence-electron chi connectivity index (χ4n) is 1.62. The number of likely N-dealkylation sites (N-methyl/N-ethyl adjacent to an activating group) is 1. The highest BCUT2D eigenvalue weighted by molar-refractivity contribution is 5.80. The lowest BCUT2D eigenvalue weighted by molar-refractivity contribution is -0.149. The van der Waals surface area contributed by atoms with Gasteiger partial charge in [0.05, 0.1) is 6.61 Å². The predicted octanol–water partition coefficient (Wildman–Crippen LogP) is 0.721. The molecule has 1 aliphatic rings.